The van der Waals surface area contributed by atoms with E-state index in [0.717, 1.165) is 22.0 Å². The Bertz CT molecular complexity index is 421. The number of carboxylic acids is 1. The standard InChI is InChI=1S/C11H9BrO2/c12-10-2-1-8-3-7(5-11(13)14)4-9(8)6-10/h1-2,4,6H,3,5H2,(H,13,14). The van der Waals surface area contributed by atoms with E-state index in [1.54, 1.807) is 0 Å². The van der Waals surface area contributed by atoms with Crippen LogP contribution in [-0.2, 0) is 11.2 Å². The Morgan fingerprint density at radius 3 is 3.00 bits per heavy atom. The zero-order valence-corrected chi connectivity index (χ0v) is 9.04. The highest BCUT2D eigenvalue weighted by Crippen LogP contribution is 2.28. The first-order chi connectivity index (χ1) is 6.65. The topological polar surface area (TPSA) is 37.3 Å². The summed E-state index contributed by atoms with van der Waals surface area (Å²) in [7, 11) is 0. The highest BCUT2D eigenvalue weighted by Gasteiger charge is 2.14. The number of aliphatic carboxylic acids is 1. The summed E-state index contributed by atoms with van der Waals surface area (Å²) in [4.78, 5) is 10.5. The van der Waals surface area contributed by atoms with Gasteiger partial charge in [-0.05, 0) is 29.7 Å². The van der Waals surface area contributed by atoms with E-state index in [2.05, 4.69) is 15.9 Å². The number of hydrogen-bond donors (Lipinski definition) is 1. The predicted molar refractivity (Wildman–Crippen MR) is 58.1 cm³/mol. The molecule has 72 valence electrons. The van der Waals surface area contributed by atoms with Crippen molar-refractivity contribution in [2.45, 2.75) is 12.8 Å². The molecule has 0 amide bonds. The summed E-state index contributed by atoms with van der Waals surface area (Å²) in [5.74, 6) is -0.761. The van der Waals surface area contributed by atoms with Gasteiger partial charge in [0.25, 0.3) is 0 Å². The molecule has 0 saturated carbocycles. The molecular formula is C11H9BrO2. The fourth-order valence-corrected chi connectivity index (χ4v) is 2.06. The third kappa shape index (κ3) is 1.87. The molecule has 2 rings (SSSR count). The zero-order valence-electron chi connectivity index (χ0n) is 7.46. The van der Waals surface area contributed by atoms with Crippen LogP contribution in [0.15, 0.2) is 28.2 Å². The van der Waals surface area contributed by atoms with Crippen LogP contribution in [0.4, 0.5) is 0 Å². The lowest BCUT2D eigenvalue weighted by molar-refractivity contribution is -0.136. The summed E-state index contributed by atoms with van der Waals surface area (Å²) in [5.41, 5.74) is 3.32. The first kappa shape index (κ1) is 9.46. The molecule has 0 saturated heterocycles. The molecule has 0 unspecified atom stereocenters. The van der Waals surface area contributed by atoms with Crippen LogP contribution < -0.4 is 0 Å². The van der Waals surface area contributed by atoms with Crippen LogP contribution in [0, 0.1) is 0 Å². The van der Waals surface area contributed by atoms with Gasteiger partial charge in [0.1, 0.15) is 0 Å². The molecule has 14 heavy (non-hydrogen) atoms. The molecule has 0 heterocycles. The number of rotatable bonds is 2. The Morgan fingerprint density at radius 1 is 1.50 bits per heavy atom. The van der Waals surface area contributed by atoms with Crippen LogP contribution in [0.25, 0.3) is 6.08 Å². The fraction of sp³-hybridized carbons (Fsp3) is 0.182. The molecule has 0 radical (unpaired) electrons. The predicted octanol–water partition coefficient (Wildman–Crippen LogP) is 2.86. The molecule has 1 aromatic carbocycles. The average molecular weight is 253 g/mol. The molecule has 0 bridgehead atoms. The second kappa shape index (κ2) is 3.58. The van der Waals surface area contributed by atoms with Crippen molar-refractivity contribution < 1.29 is 9.90 Å². The minimum Gasteiger partial charge on any atom is -0.481 e. The van der Waals surface area contributed by atoms with Gasteiger partial charge in [-0.2, -0.15) is 0 Å². The van der Waals surface area contributed by atoms with E-state index in [9.17, 15) is 4.79 Å². The molecule has 0 fully saturated rings. The Hall–Kier alpha value is -1.09. The molecule has 0 atom stereocenters. The van der Waals surface area contributed by atoms with Crippen molar-refractivity contribution in [3.8, 4) is 0 Å². The van der Waals surface area contributed by atoms with Gasteiger partial charge in [0, 0.05) is 4.47 Å². The quantitative estimate of drug-likeness (QED) is 0.879. The van der Waals surface area contributed by atoms with Crippen molar-refractivity contribution >= 4 is 28.0 Å². The number of hydrogen-bond acceptors (Lipinski definition) is 1. The van der Waals surface area contributed by atoms with E-state index in [1.165, 1.54) is 5.56 Å². The molecule has 1 N–H and O–H groups in total. The van der Waals surface area contributed by atoms with Gasteiger partial charge in [-0.25, -0.2) is 0 Å². The molecule has 3 heteroatoms. The average Bonchev–Trinajstić information content (AvgIpc) is 2.44. The lowest BCUT2D eigenvalue weighted by Crippen LogP contribution is -1.96. The molecular weight excluding hydrogens is 244 g/mol. The van der Waals surface area contributed by atoms with Gasteiger partial charge in [0.05, 0.1) is 6.42 Å². The lowest BCUT2D eigenvalue weighted by Gasteiger charge is -1.98. The minimum atomic E-state index is -0.761. The normalized spacial score (nSPS) is 13.6. The van der Waals surface area contributed by atoms with Gasteiger partial charge >= 0.3 is 5.97 Å². The highest BCUT2D eigenvalue weighted by atomic mass is 79.9. The summed E-state index contributed by atoms with van der Waals surface area (Å²) in [6.45, 7) is 0. The van der Waals surface area contributed by atoms with Gasteiger partial charge in [-0.3, -0.25) is 4.79 Å². The number of carboxylic acid groups (broad SMARTS) is 1. The van der Waals surface area contributed by atoms with Gasteiger partial charge in [0.15, 0.2) is 0 Å². The number of benzene rings is 1. The maximum absolute atomic E-state index is 10.5. The van der Waals surface area contributed by atoms with E-state index in [0.29, 0.717) is 0 Å². The summed E-state index contributed by atoms with van der Waals surface area (Å²) in [6, 6.07) is 6.03. The summed E-state index contributed by atoms with van der Waals surface area (Å²) in [5, 5.41) is 8.66. The second-order valence-corrected chi connectivity index (χ2v) is 4.31. The smallest absolute Gasteiger partial charge is 0.307 e. The Labute approximate surface area is 90.4 Å². The van der Waals surface area contributed by atoms with Crippen LogP contribution in [-0.4, -0.2) is 11.1 Å². The second-order valence-electron chi connectivity index (χ2n) is 3.39. The maximum Gasteiger partial charge on any atom is 0.307 e. The minimum absolute atomic E-state index is 0.145. The van der Waals surface area contributed by atoms with Crippen LogP contribution in [0.2, 0.25) is 0 Å². The molecule has 1 aliphatic carbocycles. The first-order valence-corrected chi connectivity index (χ1v) is 5.14. The molecule has 2 nitrogen and oxygen atoms in total. The van der Waals surface area contributed by atoms with E-state index >= 15 is 0 Å². The molecule has 0 aliphatic heterocycles. The fourth-order valence-electron chi connectivity index (χ4n) is 1.68. The monoisotopic (exact) mass is 252 g/mol. The molecule has 1 aromatic rings. The van der Waals surface area contributed by atoms with E-state index < -0.39 is 5.97 Å². The van der Waals surface area contributed by atoms with Crippen LogP contribution in [0.5, 0.6) is 0 Å². The van der Waals surface area contributed by atoms with Crippen LogP contribution in [0.3, 0.4) is 0 Å². The number of halogens is 1. The van der Waals surface area contributed by atoms with Gasteiger partial charge in [0.2, 0.25) is 0 Å². The number of fused-ring (bicyclic) bond motifs is 1. The third-order valence-electron chi connectivity index (χ3n) is 2.26. The Morgan fingerprint density at radius 2 is 2.29 bits per heavy atom. The highest BCUT2D eigenvalue weighted by molar-refractivity contribution is 9.10. The van der Waals surface area contributed by atoms with Gasteiger partial charge in [-0.15, -0.1) is 0 Å². The number of carbonyl (C=O) groups is 1. The molecule has 0 aromatic heterocycles. The van der Waals surface area contributed by atoms with Crippen LogP contribution >= 0.6 is 15.9 Å². The zero-order chi connectivity index (χ0) is 10.1. The first-order valence-electron chi connectivity index (χ1n) is 4.35. The third-order valence-corrected chi connectivity index (χ3v) is 2.76. The van der Waals surface area contributed by atoms with Crippen molar-refractivity contribution in [2.75, 3.05) is 0 Å². The van der Waals surface area contributed by atoms with Crippen molar-refractivity contribution in [1.29, 1.82) is 0 Å². The Balaban J connectivity index is 2.25. The summed E-state index contributed by atoms with van der Waals surface area (Å²) < 4.78 is 1.03. The van der Waals surface area contributed by atoms with E-state index in [-0.39, 0.29) is 6.42 Å². The molecule has 0 spiro atoms. The maximum atomic E-state index is 10.5. The molecule has 1 aliphatic rings. The van der Waals surface area contributed by atoms with Crippen molar-refractivity contribution in [3.05, 3.63) is 39.4 Å². The van der Waals surface area contributed by atoms with E-state index in [1.807, 2.05) is 24.3 Å². The van der Waals surface area contributed by atoms with Gasteiger partial charge < -0.3 is 5.11 Å². The van der Waals surface area contributed by atoms with Crippen LogP contribution in [0.1, 0.15) is 17.5 Å². The van der Waals surface area contributed by atoms with Crippen molar-refractivity contribution in [3.63, 3.8) is 0 Å². The van der Waals surface area contributed by atoms with Crippen molar-refractivity contribution in [2.24, 2.45) is 0 Å². The van der Waals surface area contributed by atoms with Crippen molar-refractivity contribution in [1.82, 2.24) is 0 Å². The summed E-state index contributed by atoms with van der Waals surface area (Å²) >= 11 is 3.39. The SMILES string of the molecule is O=C(O)CC1=Cc2cc(Br)ccc2C1. The Kier molecular flexibility index (Phi) is 2.42. The largest absolute Gasteiger partial charge is 0.481 e. The van der Waals surface area contributed by atoms with Gasteiger partial charge in [-0.1, -0.05) is 33.6 Å². The summed E-state index contributed by atoms with van der Waals surface area (Å²) in [6.07, 6.45) is 2.88. The van der Waals surface area contributed by atoms with E-state index in [4.69, 9.17) is 5.11 Å². The lowest BCUT2D eigenvalue weighted by atomic mass is 10.1.